The van der Waals surface area contributed by atoms with Crippen molar-refractivity contribution in [2.75, 3.05) is 0 Å². The number of imidazole rings is 1. The maximum Gasteiger partial charge on any atom is 0.160 e. The highest BCUT2D eigenvalue weighted by molar-refractivity contribution is 5.72. The van der Waals surface area contributed by atoms with E-state index in [1.807, 2.05) is 37.4 Å². The highest BCUT2D eigenvalue weighted by Gasteiger charge is 2.13. The molecule has 0 spiro atoms. The van der Waals surface area contributed by atoms with E-state index in [2.05, 4.69) is 28.6 Å². The van der Waals surface area contributed by atoms with Crippen LogP contribution in [0.5, 0.6) is 0 Å². The van der Waals surface area contributed by atoms with Crippen molar-refractivity contribution in [3.8, 4) is 6.07 Å². The minimum atomic E-state index is 0.634. The second kappa shape index (κ2) is 6.62. The van der Waals surface area contributed by atoms with Gasteiger partial charge in [-0.3, -0.25) is 0 Å². The van der Waals surface area contributed by atoms with Gasteiger partial charge < -0.3 is 4.57 Å². The maximum absolute atomic E-state index is 9.32. The lowest BCUT2D eigenvalue weighted by Crippen LogP contribution is -2.07. The number of hydrogen-bond donors (Lipinski definition) is 0. The number of nitrogens with zero attached hydrogens (tertiary/aromatic N) is 4. The van der Waals surface area contributed by atoms with Crippen molar-refractivity contribution < 1.29 is 0 Å². The van der Waals surface area contributed by atoms with Crippen LogP contribution in [0.25, 0.3) is 11.2 Å². The molecule has 4 heteroatoms. The number of rotatable bonds is 5. The van der Waals surface area contributed by atoms with Crippen LogP contribution in [0.2, 0.25) is 0 Å². The number of fused-ring (bicyclic) bond motifs is 1. The van der Waals surface area contributed by atoms with Crippen LogP contribution in [-0.4, -0.2) is 14.5 Å². The van der Waals surface area contributed by atoms with Crippen LogP contribution < -0.4 is 0 Å². The Hall–Kier alpha value is -2.67. The van der Waals surface area contributed by atoms with Gasteiger partial charge in [0.2, 0.25) is 0 Å². The molecular formula is C19H20N4. The number of hydrogen-bond acceptors (Lipinski definition) is 3. The predicted octanol–water partition coefficient (Wildman–Crippen LogP) is 4.00. The number of nitriles is 1. The average Bonchev–Trinajstić information content (AvgIpc) is 2.90. The van der Waals surface area contributed by atoms with Gasteiger partial charge in [0.25, 0.3) is 0 Å². The number of aryl methyl sites for hydroxylation is 2. The Balaban J connectivity index is 2.08. The first-order chi connectivity index (χ1) is 11.2. The van der Waals surface area contributed by atoms with E-state index in [-0.39, 0.29) is 0 Å². The van der Waals surface area contributed by atoms with E-state index in [9.17, 15) is 5.26 Å². The lowest BCUT2D eigenvalue weighted by Gasteiger charge is -2.10. The van der Waals surface area contributed by atoms with Crippen molar-refractivity contribution in [3.05, 3.63) is 59.0 Å². The number of benzene rings is 1. The van der Waals surface area contributed by atoms with Crippen LogP contribution in [0.3, 0.4) is 0 Å². The van der Waals surface area contributed by atoms with Gasteiger partial charge in [-0.2, -0.15) is 5.26 Å². The van der Waals surface area contributed by atoms with Crippen LogP contribution in [0, 0.1) is 18.3 Å². The zero-order chi connectivity index (χ0) is 16.2. The first-order valence-corrected chi connectivity index (χ1v) is 8.02. The molecular weight excluding hydrogens is 284 g/mol. The molecule has 2 heterocycles. The topological polar surface area (TPSA) is 54.5 Å². The Bertz CT molecular complexity index is 871. The number of unbranched alkanes of at least 4 members (excludes halogenated alkanes) is 1. The van der Waals surface area contributed by atoms with E-state index in [1.54, 1.807) is 0 Å². The Labute approximate surface area is 136 Å². The van der Waals surface area contributed by atoms with Gasteiger partial charge in [0.1, 0.15) is 11.3 Å². The van der Waals surface area contributed by atoms with E-state index in [0.29, 0.717) is 12.1 Å². The summed E-state index contributed by atoms with van der Waals surface area (Å²) in [5, 5.41) is 9.32. The van der Waals surface area contributed by atoms with E-state index in [0.717, 1.165) is 47.4 Å². The third-order valence-corrected chi connectivity index (χ3v) is 4.02. The van der Waals surface area contributed by atoms with E-state index >= 15 is 0 Å². The molecule has 4 nitrogen and oxygen atoms in total. The second-order valence-electron chi connectivity index (χ2n) is 5.84. The molecule has 0 saturated carbocycles. The molecule has 116 valence electrons. The summed E-state index contributed by atoms with van der Waals surface area (Å²) in [5.41, 5.74) is 4.67. The summed E-state index contributed by atoms with van der Waals surface area (Å²) >= 11 is 0. The zero-order valence-corrected chi connectivity index (χ0v) is 13.6. The van der Waals surface area contributed by atoms with Crippen LogP contribution in [0.15, 0.2) is 36.5 Å². The molecule has 0 N–H and O–H groups in total. The number of pyridine rings is 1. The molecule has 0 radical (unpaired) electrons. The van der Waals surface area contributed by atoms with Crippen LogP contribution in [0.4, 0.5) is 0 Å². The predicted molar refractivity (Wildman–Crippen MR) is 91.1 cm³/mol. The molecule has 0 aliphatic heterocycles. The van der Waals surface area contributed by atoms with E-state index in [1.165, 1.54) is 0 Å². The van der Waals surface area contributed by atoms with Crippen molar-refractivity contribution in [2.45, 2.75) is 39.7 Å². The maximum atomic E-state index is 9.32. The van der Waals surface area contributed by atoms with Gasteiger partial charge in [-0.05, 0) is 36.6 Å². The summed E-state index contributed by atoms with van der Waals surface area (Å²) in [6, 6.07) is 12.1. The molecule has 0 bridgehead atoms. The minimum Gasteiger partial charge on any atom is -0.308 e. The zero-order valence-electron chi connectivity index (χ0n) is 13.6. The van der Waals surface area contributed by atoms with Gasteiger partial charge in [0, 0.05) is 12.6 Å². The molecule has 0 amide bonds. The van der Waals surface area contributed by atoms with E-state index < -0.39 is 0 Å². The second-order valence-corrected chi connectivity index (χ2v) is 5.84. The molecule has 23 heavy (non-hydrogen) atoms. The summed E-state index contributed by atoms with van der Waals surface area (Å²) in [7, 11) is 0. The van der Waals surface area contributed by atoms with Crippen LogP contribution in [-0.2, 0) is 13.0 Å². The molecule has 0 fully saturated rings. The van der Waals surface area contributed by atoms with E-state index in [4.69, 9.17) is 4.98 Å². The van der Waals surface area contributed by atoms with Gasteiger partial charge in [0.15, 0.2) is 5.65 Å². The Morgan fingerprint density at radius 1 is 1.26 bits per heavy atom. The molecule has 0 atom stereocenters. The molecule has 0 saturated heterocycles. The van der Waals surface area contributed by atoms with Gasteiger partial charge >= 0.3 is 0 Å². The van der Waals surface area contributed by atoms with Crippen LogP contribution in [0.1, 0.15) is 42.3 Å². The molecule has 0 aliphatic carbocycles. The van der Waals surface area contributed by atoms with Crippen LogP contribution >= 0.6 is 0 Å². The first-order valence-electron chi connectivity index (χ1n) is 8.02. The molecule has 0 unspecified atom stereocenters. The fraction of sp³-hybridized carbons (Fsp3) is 0.316. The highest BCUT2D eigenvalue weighted by Crippen LogP contribution is 2.20. The summed E-state index contributed by atoms with van der Waals surface area (Å²) < 4.78 is 2.15. The Kier molecular flexibility index (Phi) is 4.38. The fourth-order valence-electron chi connectivity index (χ4n) is 2.79. The van der Waals surface area contributed by atoms with Crippen molar-refractivity contribution in [2.24, 2.45) is 0 Å². The lowest BCUT2D eigenvalue weighted by molar-refractivity contribution is 0.686. The van der Waals surface area contributed by atoms with Crippen molar-refractivity contribution in [1.82, 2.24) is 14.5 Å². The van der Waals surface area contributed by atoms with Gasteiger partial charge in [-0.15, -0.1) is 0 Å². The monoisotopic (exact) mass is 304 g/mol. The lowest BCUT2D eigenvalue weighted by atomic mass is 10.1. The highest BCUT2D eigenvalue weighted by atomic mass is 15.1. The van der Waals surface area contributed by atoms with Crippen molar-refractivity contribution >= 4 is 11.2 Å². The average molecular weight is 304 g/mol. The summed E-state index contributed by atoms with van der Waals surface area (Å²) in [4.78, 5) is 9.36. The quantitative estimate of drug-likeness (QED) is 0.716. The van der Waals surface area contributed by atoms with Crippen molar-refractivity contribution in [1.29, 1.82) is 5.26 Å². The summed E-state index contributed by atoms with van der Waals surface area (Å²) in [6.45, 7) is 4.85. The SMILES string of the molecule is CCCCc1nc2cc(C)cnc2n1Cc1ccccc1C#N. The first kappa shape index (κ1) is 15.2. The van der Waals surface area contributed by atoms with Gasteiger partial charge in [-0.1, -0.05) is 31.5 Å². The third kappa shape index (κ3) is 3.09. The van der Waals surface area contributed by atoms with Crippen molar-refractivity contribution in [3.63, 3.8) is 0 Å². The minimum absolute atomic E-state index is 0.634. The summed E-state index contributed by atoms with van der Waals surface area (Å²) in [6.07, 6.45) is 5.04. The van der Waals surface area contributed by atoms with Gasteiger partial charge in [0.05, 0.1) is 18.2 Å². The molecule has 0 aliphatic rings. The molecule has 3 aromatic rings. The third-order valence-electron chi connectivity index (χ3n) is 4.02. The molecule has 1 aromatic carbocycles. The molecule has 3 rings (SSSR count). The fourth-order valence-corrected chi connectivity index (χ4v) is 2.79. The Morgan fingerprint density at radius 2 is 2.09 bits per heavy atom. The summed E-state index contributed by atoms with van der Waals surface area (Å²) in [5.74, 6) is 1.05. The smallest absolute Gasteiger partial charge is 0.160 e. The largest absolute Gasteiger partial charge is 0.308 e. The molecule has 2 aromatic heterocycles. The normalized spacial score (nSPS) is 10.8. The van der Waals surface area contributed by atoms with Gasteiger partial charge in [-0.25, -0.2) is 9.97 Å². The Morgan fingerprint density at radius 3 is 2.87 bits per heavy atom. The standard InChI is InChI=1S/C19H20N4/c1-3-4-9-18-22-17-10-14(2)12-21-19(17)23(18)13-16-8-6-5-7-15(16)11-20/h5-8,10,12H,3-4,9,13H2,1-2H3. The number of aromatic nitrogens is 3.